The van der Waals surface area contributed by atoms with Crippen molar-refractivity contribution in [1.82, 2.24) is 5.32 Å². The fourth-order valence-electron chi connectivity index (χ4n) is 0.632. The van der Waals surface area contributed by atoms with Crippen LogP contribution in [0.3, 0.4) is 0 Å². The zero-order valence-corrected chi connectivity index (χ0v) is 8.45. The van der Waals surface area contributed by atoms with Gasteiger partial charge in [0.25, 0.3) is 0 Å². The number of thioether (sulfide) groups is 1. The van der Waals surface area contributed by atoms with Crippen LogP contribution in [0.25, 0.3) is 0 Å². The molecule has 0 rings (SSSR count). The first-order valence-electron chi connectivity index (χ1n) is 4.01. The van der Waals surface area contributed by atoms with E-state index in [0.29, 0.717) is 12.3 Å². The molecule has 0 saturated heterocycles. The highest BCUT2D eigenvalue weighted by molar-refractivity contribution is 7.99. The Hall–Kier alpha value is -0.620. The van der Waals surface area contributed by atoms with Crippen molar-refractivity contribution >= 4 is 17.7 Å². The maximum absolute atomic E-state index is 12.4. The summed E-state index contributed by atoms with van der Waals surface area (Å²) in [6, 6.07) is 0. The summed E-state index contributed by atoms with van der Waals surface area (Å²) < 4.78 is 24.9. The third-order valence-corrected chi connectivity index (χ3v) is 2.28. The van der Waals surface area contributed by atoms with Crippen LogP contribution >= 0.6 is 11.8 Å². The summed E-state index contributed by atoms with van der Waals surface area (Å²) in [5, 5.41) is 10.5. The molecule has 0 aromatic heterocycles. The Morgan fingerprint density at radius 3 is 2.79 bits per heavy atom. The summed E-state index contributed by atoms with van der Waals surface area (Å²) >= 11 is 1.54. The lowest BCUT2D eigenvalue weighted by Crippen LogP contribution is -2.40. The number of hydrogen-bond acceptors (Lipinski definition) is 3. The molecule has 0 aliphatic rings. The molecule has 0 radical (unpaired) electrons. The number of alkyl halides is 2. The molecule has 0 aromatic rings. The fraction of sp³-hybridized carbons (Fsp3) is 0.625. The zero-order chi connectivity index (χ0) is 11.0. The van der Waals surface area contributed by atoms with Crippen LogP contribution in [0.4, 0.5) is 8.78 Å². The predicted molar refractivity (Wildman–Crippen MR) is 53.0 cm³/mol. The van der Waals surface area contributed by atoms with Crippen LogP contribution in [-0.2, 0) is 4.79 Å². The van der Waals surface area contributed by atoms with Crippen molar-refractivity contribution in [1.29, 1.82) is 0 Å². The second-order valence-electron chi connectivity index (χ2n) is 2.55. The van der Waals surface area contributed by atoms with Crippen molar-refractivity contribution in [2.45, 2.75) is 5.92 Å². The molecule has 0 amide bonds. The lowest BCUT2D eigenvalue weighted by molar-refractivity contribution is -0.163. The molecule has 6 heteroatoms. The van der Waals surface area contributed by atoms with Crippen molar-refractivity contribution in [2.24, 2.45) is 0 Å². The third kappa shape index (κ3) is 5.93. The van der Waals surface area contributed by atoms with Gasteiger partial charge in [0.05, 0.1) is 6.54 Å². The quantitative estimate of drug-likeness (QED) is 0.481. The minimum atomic E-state index is -3.68. The number of carboxylic acids is 1. The fourth-order valence-corrected chi connectivity index (χ4v) is 1.25. The molecule has 0 spiro atoms. The first kappa shape index (κ1) is 13.4. The zero-order valence-electron chi connectivity index (χ0n) is 7.63. The third-order valence-electron chi connectivity index (χ3n) is 1.32. The molecular formula is C8H13F2NO2S. The first-order chi connectivity index (χ1) is 6.50. The number of halogens is 2. The van der Waals surface area contributed by atoms with Crippen molar-refractivity contribution in [3.05, 3.63) is 12.7 Å². The summed E-state index contributed by atoms with van der Waals surface area (Å²) in [6.45, 7) is 3.04. The molecule has 0 atom stereocenters. The van der Waals surface area contributed by atoms with E-state index < -0.39 is 18.4 Å². The maximum Gasteiger partial charge on any atom is 0.375 e. The monoisotopic (exact) mass is 225 g/mol. The molecule has 0 aliphatic carbocycles. The van der Waals surface area contributed by atoms with Gasteiger partial charge in [-0.15, -0.1) is 6.58 Å². The van der Waals surface area contributed by atoms with Gasteiger partial charge in [-0.25, -0.2) is 4.79 Å². The summed E-state index contributed by atoms with van der Waals surface area (Å²) in [5.74, 6) is -4.36. The number of nitrogens with one attached hydrogen (secondary N) is 1. The molecule has 3 nitrogen and oxygen atoms in total. The number of carbonyl (C=O) groups is 1. The van der Waals surface area contributed by atoms with E-state index in [4.69, 9.17) is 5.11 Å². The van der Waals surface area contributed by atoms with E-state index in [1.807, 2.05) is 0 Å². The Morgan fingerprint density at radius 2 is 2.29 bits per heavy atom. The van der Waals surface area contributed by atoms with Crippen molar-refractivity contribution < 1.29 is 18.7 Å². The minimum absolute atomic E-state index is 0.362. The maximum atomic E-state index is 12.4. The van der Waals surface area contributed by atoms with Crippen LogP contribution in [0.5, 0.6) is 0 Å². The molecule has 2 N–H and O–H groups in total. The summed E-state index contributed by atoms with van der Waals surface area (Å²) in [4.78, 5) is 9.98. The van der Waals surface area contributed by atoms with E-state index in [9.17, 15) is 13.6 Å². The van der Waals surface area contributed by atoms with Gasteiger partial charge in [-0.1, -0.05) is 6.08 Å². The second kappa shape index (κ2) is 6.78. The van der Waals surface area contributed by atoms with E-state index in [-0.39, 0.29) is 0 Å². The van der Waals surface area contributed by atoms with Gasteiger partial charge in [-0.05, 0) is 0 Å². The van der Waals surface area contributed by atoms with E-state index in [2.05, 4.69) is 11.9 Å². The largest absolute Gasteiger partial charge is 0.477 e. The van der Waals surface area contributed by atoms with E-state index >= 15 is 0 Å². The molecule has 0 bridgehead atoms. The molecule has 0 unspecified atom stereocenters. The van der Waals surface area contributed by atoms with Gasteiger partial charge in [0, 0.05) is 18.1 Å². The van der Waals surface area contributed by atoms with Crippen LogP contribution in [0.15, 0.2) is 12.7 Å². The van der Waals surface area contributed by atoms with Crippen molar-refractivity contribution in [3.63, 3.8) is 0 Å². The molecule has 14 heavy (non-hydrogen) atoms. The molecule has 0 saturated carbocycles. The standard InChI is InChI=1S/C8H13F2NO2S/c1-2-4-14-5-3-11-6-8(9,10)7(12)13/h2,11H,1,3-6H2,(H,12,13). The van der Waals surface area contributed by atoms with Gasteiger partial charge < -0.3 is 10.4 Å². The smallest absolute Gasteiger partial charge is 0.375 e. The second-order valence-corrected chi connectivity index (χ2v) is 3.70. The van der Waals surface area contributed by atoms with Crippen LogP contribution in [0.1, 0.15) is 0 Å². The number of rotatable bonds is 8. The van der Waals surface area contributed by atoms with Gasteiger partial charge in [0.2, 0.25) is 0 Å². The Balaban J connectivity index is 3.44. The number of hydrogen-bond donors (Lipinski definition) is 2. The Morgan fingerprint density at radius 1 is 1.64 bits per heavy atom. The summed E-state index contributed by atoms with van der Waals surface area (Å²) in [6.07, 6.45) is 1.72. The molecule has 0 heterocycles. The molecule has 82 valence electrons. The van der Waals surface area contributed by atoms with Gasteiger partial charge in [-0.2, -0.15) is 20.5 Å². The van der Waals surface area contributed by atoms with Gasteiger partial charge >= 0.3 is 11.9 Å². The topological polar surface area (TPSA) is 49.3 Å². The average Bonchev–Trinajstić information content (AvgIpc) is 2.10. The Bertz CT molecular complexity index is 200. The van der Waals surface area contributed by atoms with Crippen molar-refractivity contribution in [2.75, 3.05) is 24.6 Å². The van der Waals surface area contributed by atoms with Crippen LogP contribution in [-0.4, -0.2) is 41.6 Å². The SMILES string of the molecule is C=CCSCCNCC(F)(F)C(=O)O. The van der Waals surface area contributed by atoms with Crippen LogP contribution in [0, 0.1) is 0 Å². The van der Waals surface area contributed by atoms with Gasteiger partial charge in [0.1, 0.15) is 0 Å². The highest BCUT2D eigenvalue weighted by atomic mass is 32.2. The lowest BCUT2D eigenvalue weighted by Gasteiger charge is -2.11. The van der Waals surface area contributed by atoms with Crippen LogP contribution < -0.4 is 5.32 Å². The average molecular weight is 225 g/mol. The minimum Gasteiger partial charge on any atom is -0.477 e. The van der Waals surface area contributed by atoms with E-state index in [0.717, 1.165) is 5.75 Å². The Labute approximate surface area is 85.6 Å². The molecule has 0 aliphatic heterocycles. The molecule has 0 aromatic carbocycles. The van der Waals surface area contributed by atoms with Gasteiger partial charge in [0.15, 0.2) is 0 Å². The summed E-state index contributed by atoms with van der Waals surface area (Å²) in [5.41, 5.74) is 0. The number of carboxylic acid groups (broad SMARTS) is 1. The highest BCUT2D eigenvalue weighted by Crippen LogP contribution is 2.11. The highest BCUT2D eigenvalue weighted by Gasteiger charge is 2.37. The Kier molecular flexibility index (Phi) is 6.48. The number of aliphatic carboxylic acids is 1. The lowest BCUT2D eigenvalue weighted by atomic mass is 10.3. The normalized spacial score (nSPS) is 11.3. The van der Waals surface area contributed by atoms with E-state index in [1.54, 1.807) is 6.08 Å². The van der Waals surface area contributed by atoms with Crippen molar-refractivity contribution in [3.8, 4) is 0 Å². The van der Waals surface area contributed by atoms with E-state index in [1.165, 1.54) is 11.8 Å². The van der Waals surface area contributed by atoms with Gasteiger partial charge in [-0.3, -0.25) is 0 Å². The first-order valence-corrected chi connectivity index (χ1v) is 5.16. The molecule has 0 fully saturated rings. The predicted octanol–water partition coefficient (Wildman–Crippen LogP) is 1.22. The summed E-state index contributed by atoms with van der Waals surface area (Å²) in [7, 11) is 0. The molecular weight excluding hydrogens is 212 g/mol. The van der Waals surface area contributed by atoms with Crippen LogP contribution in [0.2, 0.25) is 0 Å².